The van der Waals surface area contributed by atoms with Crippen molar-refractivity contribution in [1.29, 1.82) is 0 Å². The predicted octanol–water partition coefficient (Wildman–Crippen LogP) is -0.388. The number of fused-ring (bicyclic) bond motifs is 1. The summed E-state index contributed by atoms with van der Waals surface area (Å²) in [6.07, 6.45) is 6.50. The zero-order chi connectivity index (χ0) is 15.7. The van der Waals surface area contributed by atoms with Crippen molar-refractivity contribution in [3.63, 3.8) is 0 Å². The minimum Gasteiger partial charge on any atom is -0.351 e. The first-order valence-corrected chi connectivity index (χ1v) is 7.83. The van der Waals surface area contributed by atoms with Crippen molar-refractivity contribution >= 4 is 5.91 Å². The highest BCUT2D eigenvalue weighted by molar-refractivity contribution is 5.84. The molecule has 2 atom stereocenters. The van der Waals surface area contributed by atoms with Gasteiger partial charge in [-0.1, -0.05) is 12.8 Å². The van der Waals surface area contributed by atoms with Gasteiger partial charge in [-0.2, -0.15) is 0 Å². The van der Waals surface area contributed by atoms with Crippen LogP contribution in [0.5, 0.6) is 0 Å². The summed E-state index contributed by atoms with van der Waals surface area (Å²) in [5, 5.41) is 6.34. The first-order chi connectivity index (χ1) is 10.5. The molecule has 1 amide bonds. The number of rotatable bonds is 3. The number of nitrogens with zero attached hydrogens (tertiary/aromatic N) is 1. The smallest absolute Gasteiger partial charge is 0.328 e. The summed E-state index contributed by atoms with van der Waals surface area (Å²) in [4.78, 5) is 38.1. The lowest BCUT2D eigenvalue weighted by Crippen LogP contribution is -2.50. The third-order valence-electron chi connectivity index (χ3n) is 5.07. The molecule has 7 heteroatoms. The number of aromatic amines is 1. The molecule has 2 heterocycles. The number of aryl methyl sites for hydroxylation is 1. The van der Waals surface area contributed by atoms with Gasteiger partial charge in [0, 0.05) is 25.8 Å². The van der Waals surface area contributed by atoms with Crippen molar-refractivity contribution in [2.24, 2.45) is 12.5 Å². The van der Waals surface area contributed by atoms with Crippen molar-refractivity contribution in [3.05, 3.63) is 32.6 Å². The molecule has 0 aromatic carbocycles. The Labute approximate surface area is 128 Å². The van der Waals surface area contributed by atoms with Gasteiger partial charge in [0.05, 0.1) is 11.0 Å². The van der Waals surface area contributed by atoms with Crippen molar-refractivity contribution < 1.29 is 4.79 Å². The predicted molar refractivity (Wildman–Crippen MR) is 81.5 cm³/mol. The summed E-state index contributed by atoms with van der Waals surface area (Å²) in [7, 11) is 1.57. The summed E-state index contributed by atoms with van der Waals surface area (Å²) < 4.78 is 1.31. The molecule has 1 aliphatic carbocycles. The van der Waals surface area contributed by atoms with Gasteiger partial charge in [0.15, 0.2) is 0 Å². The summed E-state index contributed by atoms with van der Waals surface area (Å²) in [6, 6.07) is 0.250. The molecular formula is C15H22N4O3. The van der Waals surface area contributed by atoms with E-state index in [1.54, 1.807) is 7.05 Å². The van der Waals surface area contributed by atoms with E-state index >= 15 is 0 Å². The van der Waals surface area contributed by atoms with E-state index in [4.69, 9.17) is 0 Å². The lowest BCUT2D eigenvalue weighted by molar-refractivity contribution is -0.133. The van der Waals surface area contributed by atoms with Crippen LogP contribution in [0, 0.1) is 5.41 Å². The van der Waals surface area contributed by atoms with E-state index < -0.39 is 11.2 Å². The third kappa shape index (κ3) is 2.49. The molecule has 1 saturated carbocycles. The summed E-state index contributed by atoms with van der Waals surface area (Å²) >= 11 is 0. The Balaban J connectivity index is 1.74. The molecular weight excluding hydrogens is 284 g/mol. The van der Waals surface area contributed by atoms with Crippen LogP contribution in [0.2, 0.25) is 0 Å². The van der Waals surface area contributed by atoms with E-state index in [0.29, 0.717) is 5.56 Å². The molecule has 0 unspecified atom stereocenters. The van der Waals surface area contributed by atoms with Gasteiger partial charge in [0.1, 0.15) is 0 Å². The highest BCUT2D eigenvalue weighted by Crippen LogP contribution is 2.42. The van der Waals surface area contributed by atoms with Gasteiger partial charge < -0.3 is 15.2 Å². The number of hydrogen-bond donors (Lipinski definition) is 3. The lowest BCUT2D eigenvalue weighted by Gasteiger charge is -2.37. The number of carbonyl (C=O) groups excluding carboxylic acids is 1. The van der Waals surface area contributed by atoms with E-state index in [0.717, 1.165) is 38.6 Å². The number of carbonyl (C=O) groups is 1. The molecule has 1 aliphatic heterocycles. The van der Waals surface area contributed by atoms with Crippen LogP contribution in [-0.4, -0.2) is 28.0 Å². The molecule has 22 heavy (non-hydrogen) atoms. The number of aromatic nitrogens is 2. The molecule has 120 valence electrons. The molecule has 1 aromatic rings. The average molecular weight is 306 g/mol. The van der Waals surface area contributed by atoms with Crippen LogP contribution in [-0.2, 0) is 18.4 Å². The van der Waals surface area contributed by atoms with Gasteiger partial charge in [0.2, 0.25) is 5.91 Å². The van der Waals surface area contributed by atoms with Gasteiger partial charge in [-0.15, -0.1) is 0 Å². The largest absolute Gasteiger partial charge is 0.351 e. The molecule has 0 radical (unpaired) electrons. The summed E-state index contributed by atoms with van der Waals surface area (Å²) in [5.41, 5.74) is -0.826. The normalized spacial score (nSPS) is 27.4. The second-order valence-corrected chi connectivity index (χ2v) is 6.37. The SMILES string of the molecule is Cn1cc(CNC(=O)[C@@]23CCCC[C@@H]2NCC3)c(=O)[nH]c1=O. The lowest BCUT2D eigenvalue weighted by atomic mass is 9.70. The zero-order valence-corrected chi connectivity index (χ0v) is 12.8. The van der Waals surface area contributed by atoms with E-state index in [-0.39, 0.29) is 23.9 Å². The molecule has 7 nitrogen and oxygen atoms in total. The Morgan fingerprint density at radius 2 is 2.23 bits per heavy atom. The monoisotopic (exact) mass is 306 g/mol. The van der Waals surface area contributed by atoms with Crippen molar-refractivity contribution in [2.75, 3.05) is 6.54 Å². The van der Waals surface area contributed by atoms with Crippen LogP contribution in [0.25, 0.3) is 0 Å². The van der Waals surface area contributed by atoms with Gasteiger partial charge in [-0.05, 0) is 25.8 Å². The molecule has 1 saturated heterocycles. The van der Waals surface area contributed by atoms with Crippen LogP contribution >= 0.6 is 0 Å². The second kappa shape index (κ2) is 5.72. The topological polar surface area (TPSA) is 96.0 Å². The second-order valence-electron chi connectivity index (χ2n) is 6.37. The standard InChI is InChI=1S/C15H22N4O3/c1-19-9-10(12(20)18-14(19)22)8-17-13(21)15-5-3-2-4-11(15)16-7-6-15/h9,11,16H,2-8H2,1H3,(H,17,21)(H,18,20,22)/t11-,15+/m0/s1. The Hall–Kier alpha value is -1.89. The summed E-state index contributed by atoms with van der Waals surface area (Å²) in [6.45, 7) is 1.02. The number of nitrogens with one attached hydrogen (secondary N) is 3. The zero-order valence-electron chi connectivity index (χ0n) is 12.8. The highest BCUT2D eigenvalue weighted by atomic mass is 16.2. The van der Waals surface area contributed by atoms with Crippen LogP contribution < -0.4 is 21.9 Å². The van der Waals surface area contributed by atoms with Crippen molar-refractivity contribution in [1.82, 2.24) is 20.2 Å². The molecule has 0 spiro atoms. The van der Waals surface area contributed by atoms with Crippen LogP contribution in [0.15, 0.2) is 15.8 Å². The Bertz CT molecular complexity index is 693. The first kappa shape index (κ1) is 15.0. The molecule has 2 fully saturated rings. The van der Waals surface area contributed by atoms with Gasteiger partial charge in [0.25, 0.3) is 5.56 Å². The summed E-state index contributed by atoms with van der Waals surface area (Å²) in [5.74, 6) is 0.0236. The first-order valence-electron chi connectivity index (χ1n) is 7.83. The van der Waals surface area contributed by atoms with Gasteiger partial charge in [-0.25, -0.2) is 4.79 Å². The fourth-order valence-corrected chi connectivity index (χ4v) is 3.78. The number of hydrogen-bond acceptors (Lipinski definition) is 4. The molecule has 3 rings (SSSR count). The maximum absolute atomic E-state index is 12.7. The van der Waals surface area contributed by atoms with E-state index in [2.05, 4.69) is 15.6 Å². The Kier molecular flexibility index (Phi) is 3.90. The van der Waals surface area contributed by atoms with E-state index in [9.17, 15) is 14.4 Å². The van der Waals surface area contributed by atoms with E-state index in [1.165, 1.54) is 10.8 Å². The average Bonchev–Trinajstić information content (AvgIpc) is 2.94. The maximum Gasteiger partial charge on any atom is 0.328 e. The Morgan fingerprint density at radius 3 is 3.05 bits per heavy atom. The van der Waals surface area contributed by atoms with Gasteiger partial charge >= 0.3 is 5.69 Å². The van der Waals surface area contributed by atoms with Crippen LogP contribution in [0.4, 0.5) is 0 Å². The third-order valence-corrected chi connectivity index (χ3v) is 5.07. The molecule has 3 N–H and O–H groups in total. The quantitative estimate of drug-likeness (QED) is 0.709. The van der Waals surface area contributed by atoms with E-state index in [1.807, 2.05) is 0 Å². The number of H-pyrrole nitrogens is 1. The van der Waals surface area contributed by atoms with Crippen molar-refractivity contribution in [2.45, 2.75) is 44.7 Å². The van der Waals surface area contributed by atoms with Gasteiger partial charge in [-0.3, -0.25) is 14.6 Å². The molecule has 0 bridgehead atoms. The Morgan fingerprint density at radius 1 is 1.41 bits per heavy atom. The number of amides is 1. The fraction of sp³-hybridized carbons (Fsp3) is 0.667. The minimum absolute atomic E-state index is 0.0236. The maximum atomic E-state index is 12.7. The van der Waals surface area contributed by atoms with Crippen LogP contribution in [0.1, 0.15) is 37.7 Å². The highest BCUT2D eigenvalue weighted by Gasteiger charge is 2.49. The minimum atomic E-state index is -0.453. The fourth-order valence-electron chi connectivity index (χ4n) is 3.78. The van der Waals surface area contributed by atoms with Crippen LogP contribution in [0.3, 0.4) is 0 Å². The molecule has 2 aliphatic rings. The molecule has 1 aromatic heterocycles. The van der Waals surface area contributed by atoms with Crippen molar-refractivity contribution in [3.8, 4) is 0 Å².